The molecule has 7 nitrogen and oxygen atoms in total. The second-order valence-electron chi connectivity index (χ2n) is 6.78. The van der Waals surface area contributed by atoms with Gasteiger partial charge in [-0.15, -0.1) is 10.2 Å². The van der Waals surface area contributed by atoms with Crippen LogP contribution in [-0.4, -0.2) is 30.3 Å². The second kappa shape index (κ2) is 9.61. The van der Waals surface area contributed by atoms with Crippen molar-refractivity contribution in [2.75, 3.05) is 19.5 Å². The van der Waals surface area contributed by atoms with Crippen molar-refractivity contribution in [2.24, 2.45) is 0 Å². The van der Waals surface area contributed by atoms with Crippen LogP contribution < -0.4 is 19.5 Å². The molecule has 0 saturated carbocycles. The first-order valence-electron chi connectivity index (χ1n) is 9.87. The number of amides is 1. The van der Waals surface area contributed by atoms with Crippen LogP contribution in [0.4, 0.5) is 5.69 Å². The molecule has 160 valence electrons. The highest BCUT2D eigenvalue weighted by atomic mass is 16.5. The van der Waals surface area contributed by atoms with Gasteiger partial charge in [0.1, 0.15) is 5.75 Å². The van der Waals surface area contributed by atoms with Crippen molar-refractivity contribution in [3.05, 3.63) is 90.5 Å². The predicted molar refractivity (Wildman–Crippen MR) is 121 cm³/mol. The average molecular weight is 427 g/mol. The van der Waals surface area contributed by atoms with E-state index in [1.807, 2.05) is 30.3 Å². The van der Waals surface area contributed by atoms with Crippen LogP contribution in [0.2, 0.25) is 0 Å². The fourth-order valence-electron chi connectivity index (χ4n) is 3.07. The van der Waals surface area contributed by atoms with Gasteiger partial charge in [0.15, 0.2) is 11.5 Å². The topological polar surface area (TPSA) is 82.6 Å². The number of rotatable bonds is 7. The summed E-state index contributed by atoms with van der Waals surface area (Å²) in [5.41, 5.74) is 2.53. The van der Waals surface area contributed by atoms with E-state index in [2.05, 4.69) is 15.5 Å². The van der Waals surface area contributed by atoms with Crippen molar-refractivity contribution < 1.29 is 19.0 Å². The molecule has 4 rings (SSSR count). The number of aromatic nitrogens is 2. The Hall–Kier alpha value is -4.39. The molecule has 0 atom stereocenters. The quantitative estimate of drug-likeness (QED) is 0.436. The lowest BCUT2D eigenvalue weighted by molar-refractivity contribution is 0.102. The summed E-state index contributed by atoms with van der Waals surface area (Å²) in [5.74, 6) is 1.93. The third-order valence-electron chi connectivity index (χ3n) is 4.67. The minimum Gasteiger partial charge on any atom is -0.497 e. The van der Waals surface area contributed by atoms with E-state index in [4.69, 9.17) is 14.2 Å². The van der Waals surface area contributed by atoms with Gasteiger partial charge in [-0.2, -0.15) is 0 Å². The molecule has 0 bridgehead atoms. The molecule has 1 aromatic heterocycles. The standard InChI is InChI=1S/C25H21N3O4/c1-30-20-10-6-9-19(16-20)26-25(29)18-8-5-7-17(15-18)21-13-14-24(28-27-21)32-23-12-4-3-11-22(23)31-2/h3-16H,1-2H3,(H,26,29). The molecule has 32 heavy (non-hydrogen) atoms. The van der Waals surface area contributed by atoms with Crippen LogP contribution >= 0.6 is 0 Å². The van der Waals surface area contributed by atoms with E-state index in [9.17, 15) is 4.79 Å². The van der Waals surface area contributed by atoms with Gasteiger partial charge in [-0.25, -0.2) is 0 Å². The molecule has 3 aromatic carbocycles. The molecule has 1 amide bonds. The van der Waals surface area contributed by atoms with Gasteiger partial charge in [-0.1, -0.05) is 30.3 Å². The van der Waals surface area contributed by atoms with E-state index in [0.717, 1.165) is 5.56 Å². The average Bonchev–Trinajstić information content (AvgIpc) is 2.85. The Morgan fingerprint density at radius 1 is 0.781 bits per heavy atom. The summed E-state index contributed by atoms with van der Waals surface area (Å²) >= 11 is 0. The van der Waals surface area contributed by atoms with Crippen LogP contribution in [0.3, 0.4) is 0 Å². The van der Waals surface area contributed by atoms with Gasteiger partial charge in [0.2, 0.25) is 5.88 Å². The molecule has 0 saturated heterocycles. The minimum absolute atomic E-state index is 0.232. The van der Waals surface area contributed by atoms with Crippen LogP contribution in [-0.2, 0) is 0 Å². The van der Waals surface area contributed by atoms with Crippen LogP contribution in [0.5, 0.6) is 23.1 Å². The van der Waals surface area contributed by atoms with Crippen molar-refractivity contribution in [2.45, 2.75) is 0 Å². The number of hydrogen-bond acceptors (Lipinski definition) is 6. The maximum absolute atomic E-state index is 12.7. The number of hydrogen-bond donors (Lipinski definition) is 1. The lowest BCUT2D eigenvalue weighted by Crippen LogP contribution is -2.12. The van der Waals surface area contributed by atoms with Crippen LogP contribution in [0, 0.1) is 0 Å². The SMILES string of the molecule is COc1cccc(NC(=O)c2cccc(-c3ccc(Oc4ccccc4OC)nn3)c2)c1. The predicted octanol–water partition coefficient (Wildman–Crippen LogP) is 5.21. The van der Waals surface area contributed by atoms with Gasteiger partial charge in [0, 0.05) is 28.9 Å². The van der Waals surface area contributed by atoms with Crippen molar-refractivity contribution in [1.29, 1.82) is 0 Å². The molecule has 4 aromatic rings. The number of carbonyl (C=O) groups is 1. The number of anilines is 1. The number of para-hydroxylation sites is 2. The molecule has 7 heteroatoms. The van der Waals surface area contributed by atoms with Gasteiger partial charge < -0.3 is 19.5 Å². The first-order chi connectivity index (χ1) is 15.7. The summed E-state index contributed by atoms with van der Waals surface area (Å²) in [4.78, 5) is 12.7. The maximum Gasteiger partial charge on any atom is 0.255 e. The Bertz CT molecular complexity index is 1230. The van der Waals surface area contributed by atoms with E-state index < -0.39 is 0 Å². The minimum atomic E-state index is -0.232. The highest BCUT2D eigenvalue weighted by Gasteiger charge is 2.10. The van der Waals surface area contributed by atoms with E-state index >= 15 is 0 Å². The van der Waals surface area contributed by atoms with E-state index in [1.165, 1.54) is 0 Å². The molecule has 0 aliphatic heterocycles. The summed E-state index contributed by atoms with van der Waals surface area (Å²) in [7, 11) is 3.16. The molecule has 0 aliphatic carbocycles. The fraction of sp³-hybridized carbons (Fsp3) is 0.0800. The van der Waals surface area contributed by atoms with Crippen molar-refractivity contribution >= 4 is 11.6 Å². The Labute approximate surface area is 185 Å². The number of methoxy groups -OCH3 is 2. The molecule has 0 fully saturated rings. The Kier molecular flexibility index (Phi) is 6.27. The van der Waals surface area contributed by atoms with Crippen molar-refractivity contribution in [3.8, 4) is 34.4 Å². The van der Waals surface area contributed by atoms with Crippen molar-refractivity contribution in [3.63, 3.8) is 0 Å². The van der Waals surface area contributed by atoms with E-state index in [0.29, 0.717) is 40.1 Å². The molecule has 1 heterocycles. The first-order valence-corrected chi connectivity index (χ1v) is 9.87. The lowest BCUT2D eigenvalue weighted by Gasteiger charge is -2.10. The van der Waals surface area contributed by atoms with Gasteiger partial charge in [-0.05, 0) is 42.5 Å². The normalized spacial score (nSPS) is 10.3. The number of benzene rings is 3. The molecule has 0 aliphatic rings. The van der Waals surface area contributed by atoms with Gasteiger partial charge in [-0.3, -0.25) is 4.79 Å². The summed E-state index contributed by atoms with van der Waals surface area (Å²) in [6, 6.07) is 25.2. The zero-order chi connectivity index (χ0) is 22.3. The largest absolute Gasteiger partial charge is 0.497 e. The molecular formula is C25H21N3O4. The third kappa shape index (κ3) is 4.84. The fourth-order valence-corrected chi connectivity index (χ4v) is 3.07. The third-order valence-corrected chi connectivity index (χ3v) is 4.67. The van der Waals surface area contributed by atoms with Crippen LogP contribution in [0.1, 0.15) is 10.4 Å². The Morgan fingerprint density at radius 2 is 1.59 bits per heavy atom. The zero-order valence-electron chi connectivity index (χ0n) is 17.6. The second-order valence-corrected chi connectivity index (χ2v) is 6.78. The highest BCUT2D eigenvalue weighted by molar-refractivity contribution is 6.05. The molecular weight excluding hydrogens is 406 g/mol. The number of nitrogens with one attached hydrogen (secondary N) is 1. The first kappa shape index (κ1) is 20.9. The number of nitrogens with zero attached hydrogens (tertiary/aromatic N) is 2. The monoisotopic (exact) mass is 427 g/mol. The Balaban J connectivity index is 1.49. The smallest absolute Gasteiger partial charge is 0.255 e. The van der Waals surface area contributed by atoms with Gasteiger partial charge >= 0.3 is 0 Å². The van der Waals surface area contributed by atoms with Gasteiger partial charge in [0.05, 0.1) is 19.9 Å². The lowest BCUT2D eigenvalue weighted by atomic mass is 10.1. The Morgan fingerprint density at radius 3 is 2.34 bits per heavy atom. The van der Waals surface area contributed by atoms with Crippen molar-refractivity contribution in [1.82, 2.24) is 10.2 Å². The molecule has 0 unspecified atom stereocenters. The van der Waals surface area contributed by atoms with E-state index in [1.54, 1.807) is 68.8 Å². The van der Waals surface area contributed by atoms with Crippen LogP contribution in [0.25, 0.3) is 11.3 Å². The van der Waals surface area contributed by atoms with Gasteiger partial charge in [0.25, 0.3) is 5.91 Å². The highest BCUT2D eigenvalue weighted by Crippen LogP contribution is 2.30. The summed E-state index contributed by atoms with van der Waals surface area (Å²) in [5, 5.41) is 11.3. The summed E-state index contributed by atoms with van der Waals surface area (Å²) in [6.45, 7) is 0. The van der Waals surface area contributed by atoms with Crippen LogP contribution in [0.15, 0.2) is 84.9 Å². The molecule has 0 radical (unpaired) electrons. The molecule has 1 N–H and O–H groups in total. The number of ether oxygens (including phenoxy) is 3. The maximum atomic E-state index is 12.7. The zero-order valence-corrected chi connectivity index (χ0v) is 17.6. The number of carbonyl (C=O) groups excluding carboxylic acids is 1. The summed E-state index contributed by atoms with van der Waals surface area (Å²) in [6.07, 6.45) is 0. The molecule has 0 spiro atoms. The summed E-state index contributed by atoms with van der Waals surface area (Å²) < 4.78 is 16.2. The van der Waals surface area contributed by atoms with E-state index in [-0.39, 0.29) is 5.91 Å².